The van der Waals surface area contributed by atoms with E-state index >= 15 is 0 Å². The number of aliphatic carboxylic acids is 1. The van der Waals surface area contributed by atoms with Crippen LogP contribution in [0.1, 0.15) is 36.5 Å². The fourth-order valence-electron chi connectivity index (χ4n) is 2.33. The largest absolute Gasteiger partial charge is 0.497 e. The Hall–Kier alpha value is -2.41. The summed E-state index contributed by atoms with van der Waals surface area (Å²) in [6.45, 7) is 1.66. The second-order valence-electron chi connectivity index (χ2n) is 5.76. The number of hydrogen-bond donors (Lipinski definition) is 2. The van der Waals surface area contributed by atoms with Crippen LogP contribution in [0.3, 0.4) is 0 Å². The summed E-state index contributed by atoms with van der Waals surface area (Å²) in [7, 11) is 2.97. The quantitative estimate of drug-likeness (QED) is 0.630. The summed E-state index contributed by atoms with van der Waals surface area (Å²) in [4.78, 5) is 35.0. The topological polar surface area (TPSA) is 102 Å². The Bertz CT molecular complexity index is 583. The van der Waals surface area contributed by atoms with Crippen molar-refractivity contribution < 1.29 is 29.0 Å². The van der Waals surface area contributed by atoms with Crippen molar-refractivity contribution in [1.29, 1.82) is 0 Å². The first-order chi connectivity index (χ1) is 11.3. The van der Waals surface area contributed by atoms with Crippen molar-refractivity contribution in [3.8, 4) is 5.75 Å². The molecular formula is C17H23NO6. The third kappa shape index (κ3) is 6.37. The molecule has 132 valence electrons. The number of Topliss-reactive ketones (excluding diaryl/α,β-unsaturated/α-hetero) is 1. The third-order valence-electron chi connectivity index (χ3n) is 3.44. The van der Waals surface area contributed by atoms with Gasteiger partial charge in [0.05, 0.1) is 25.7 Å². The monoisotopic (exact) mass is 337 g/mol. The third-order valence-corrected chi connectivity index (χ3v) is 3.44. The first-order valence-corrected chi connectivity index (χ1v) is 7.48. The zero-order valence-electron chi connectivity index (χ0n) is 14.1. The summed E-state index contributed by atoms with van der Waals surface area (Å²) in [5.74, 6) is -0.949. The Morgan fingerprint density at radius 2 is 1.75 bits per heavy atom. The van der Waals surface area contributed by atoms with Crippen LogP contribution >= 0.6 is 0 Å². The van der Waals surface area contributed by atoms with Crippen molar-refractivity contribution in [2.45, 2.75) is 31.7 Å². The van der Waals surface area contributed by atoms with E-state index in [-0.39, 0.29) is 31.7 Å². The molecule has 0 saturated carbocycles. The highest BCUT2D eigenvalue weighted by Crippen LogP contribution is 2.14. The van der Waals surface area contributed by atoms with Gasteiger partial charge < -0.3 is 19.9 Å². The van der Waals surface area contributed by atoms with E-state index in [9.17, 15) is 14.4 Å². The van der Waals surface area contributed by atoms with Gasteiger partial charge in [0.2, 0.25) is 5.91 Å². The lowest BCUT2D eigenvalue weighted by Crippen LogP contribution is -2.50. The van der Waals surface area contributed by atoms with Gasteiger partial charge in [-0.25, -0.2) is 0 Å². The zero-order chi connectivity index (χ0) is 18.2. The van der Waals surface area contributed by atoms with Gasteiger partial charge in [-0.05, 0) is 31.2 Å². The number of amides is 1. The SMILES string of the molecule is COCC(C)(CC(=O)O)NC(=O)CCC(=O)c1ccc(OC)cc1. The Morgan fingerprint density at radius 1 is 1.12 bits per heavy atom. The molecule has 7 heteroatoms. The minimum atomic E-state index is -1.04. The van der Waals surface area contributed by atoms with Crippen LogP contribution in [0, 0.1) is 0 Å². The number of nitrogens with one attached hydrogen (secondary N) is 1. The molecule has 1 amide bonds. The van der Waals surface area contributed by atoms with Crippen LogP contribution in [0.4, 0.5) is 0 Å². The second kappa shape index (κ2) is 9.02. The summed E-state index contributed by atoms with van der Waals surface area (Å²) in [5.41, 5.74) is -0.519. The van der Waals surface area contributed by atoms with E-state index in [1.165, 1.54) is 14.2 Å². The number of hydrogen-bond acceptors (Lipinski definition) is 5. The predicted molar refractivity (Wildman–Crippen MR) is 87.2 cm³/mol. The van der Waals surface area contributed by atoms with E-state index in [0.717, 1.165) is 0 Å². The number of methoxy groups -OCH3 is 2. The maximum absolute atomic E-state index is 12.1. The van der Waals surface area contributed by atoms with Gasteiger partial charge in [0.15, 0.2) is 5.78 Å². The first kappa shape index (κ1) is 19.6. The average Bonchev–Trinajstić information content (AvgIpc) is 2.51. The van der Waals surface area contributed by atoms with E-state index in [2.05, 4.69) is 5.32 Å². The molecule has 0 fully saturated rings. The molecule has 24 heavy (non-hydrogen) atoms. The van der Waals surface area contributed by atoms with E-state index in [4.69, 9.17) is 14.6 Å². The Balaban J connectivity index is 2.57. The molecular weight excluding hydrogens is 314 g/mol. The van der Waals surface area contributed by atoms with Crippen molar-refractivity contribution in [2.24, 2.45) is 0 Å². The van der Waals surface area contributed by atoms with Gasteiger partial charge in [-0.3, -0.25) is 14.4 Å². The lowest BCUT2D eigenvalue weighted by molar-refractivity contribution is -0.139. The molecule has 1 unspecified atom stereocenters. The van der Waals surface area contributed by atoms with Crippen LogP contribution in [0.25, 0.3) is 0 Å². The predicted octanol–water partition coefficient (Wildman–Crippen LogP) is 1.65. The highest BCUT2D eigenvalue weighted by Gasteiger charge is 2.29. The van der Waals surface area contributed by atoms with Crippen molar-refractivity contribution >= 4 is 17.7 Å². The summed E-state index contributed by atoms with van der Waals surface area (Å²) >= 11 is 0. The van der Waals surface area contributed by atoms with E-state index < -0.39 is 17.4 Å². The van der Waals surface area contributed by atoms with Crippen LogP contribution in [0.2, 0.25) is 0 Å². The highest BCUT2D eigenvalue weighted by atomic mass is 16.5. The molecule has 0 aliphatic heterocycles. The molecule has 1 atom stereocenters. The van der Waals surface area contributed by atoms with Crippen molar-refractivity contribution in [2.75, 3.05) is 20.8 Å². The molecule has 0 aromatic heterocycles. The van der Waals surface area contributed by atoms with Crippen LogP contribution in [0.15, 0.2) is 24.3 Å². The molecule has 0 saturated heterocycles. The molecule has 0 aliphatic rings. The van der Waals surface area contributed by atoms with E-state index in [1.54, 1.807) is 31.2 Å². The van der Waals surface area contributed by atoms with Crippen LogP contribution < -0.4 is 10.1 Å². The number of ether oxygens (including phenoxy) is 2. The number of carboxylic acids is 1. The molecule has 0 aliphatic carbocycles. The van der Waals surface area contributed by atoms with Crippen molar-refractivity contribution in [3.63, 3.8) is 0 Å². The maximum atomic E-state index is 12.1. The van der Waals surface area contributed by atoms with Gasteiger partial charge in [0, 0.05) is 25.5 Å². The minimum Gasteiger partial charge on any atom is -0.497 e. The standard InChI is InChI=1S/C17H23NO6/c1-17(11-23-2,10-16(21)22)18-15(20)9-8-14(19)12-4-6-13(24-3)7-5-12/h4-7H,8-11H2,1-3H3,(H,18,20)(H,21,22). The summed E-state index contributed by atoms with van der Waals surface area (Å²) in [5, 5.41) is 11.6. The number of benzene rings is 1. The molecule has 0 bridgehead atoms. The highest BCUT2D eigenvalue weighted by molar-refractivity contribution is 5.98. The number of carbonyl (C=O) groups excluding carboxylic acids is 2. The van der Waals surface area contributed by atoms with E-state index in [1.807, 2.05) is 0 Å². The molecule has 7 nitrogen and oxygen atoms in total. The Morgan fingerprint density at radius 3 is 2.25 bits per heavy atom. The lowest BCUT2D eigenvalue weighted by atomic mass is 9.98. The molecule has 1 rings (SSSR count). The van der Waals surface area contributed by atoms with Gasteiger partial charge >= 0.3 is 5.97 Å². The number of rotatable bonds is 10. The minimum absolute atomic E-state index is 0.0240. The Labute approximate surface area is 141 Å². The van der Waals surface area contributed by atoms with Gasteiger partial charge in [-0.15, -0.1) is 0 Å². The Kier molecular flexibility index (Phi) is 7.38. The molecule has 1 aromatic carbocycles. The first-order valence-electron chi connectivity index (χ1n) is 7.48. The fourth-order valence-corrected chi connectivity index (χ4v) is 2.33. The number of carbonyl (C=O) groups is 3. The lowest BCUT2D eigenvalue weighted by Gasteiger charge is -2.28. The summed E-state index contributed by atoms with van der Waals surface area (Å²) in [6, 6.07) is 6.63. The molecule has 2 N–H and O–H groups in total. The number of carboxylic acid groups (broad SMARTS) is 1. The van der Waals surface area contributed by atoms with Gasteiger partial charge in [0.25, 0.3) is 0 Å². The van der Waals surface area contributed by atoms with Gasteiger partial charge in [-0.1, -0.05) is 0 Å². The molecule has 0 spiro atoms. The van der Waals surface area contributed by atoms with Crippen LogP contribution in [-0.4, -0.2) is 49.1 Å². The normalized spacial score (nSPS) is 13.0. The zero-order valence-corrected chi connectivity index (χ0v) is 14.1. The van der Waals surface area contributed by atoms with Gasteiger partial charge in [-0.2, -0.15) is 0 Å². The molecule has 0 heterocycles. The van der Waals surface area contributed by atoms with Crippen molar-refractivity contribution in [3.05, 3.63) is 29.8 Å². The van der Waals surface area contributed by atoms with E-state index in [0.29, 0.717) is 11.3 Å². The summed E-state index contributed by atoms with van der Waals surface area (Å²) in [6.07, 6.45) is -0.253. The second-order valence-corrected chi connectivity index (χ2v) is 5.76. The van der Waals surface area contributed by atoms with Crippen LogP contribution in [0.5, 0.6) is 5.75 Å². The maximum Gasteiger partial charge on any atom is 0.305 e. The fraction of sp³-hybridized carbons (Fsp3) is 0.471. The molecule has 1 aromatic rings. The average molecular weight is 337 g/mol. The smallest absolute Gasteiger partial charge is 0.305 e. The van der Waals surface area contributed by atoms with Gasteiger partial charge in [0.1, 0.15) is 5.75 Å². The summed E-state index contributed by atoms with van der Waals surface area (Å²) < 4.78 is 9.99. The molecule has 0 radical (unpaired) electrons. The van der Waals surface area contributed by atoms with Crippen LogP contribution in [-0.2, 0) is 14.3 Å². The van der Waals surface area contributed by atoms with Crippen molar-refractivity contribution in [1.82, 2.24) is 5.32 Å². The number of ketones is 1.